The topological polar surface area (TPSA) is 158 Å². The summed E-state index contributed by atoms with van der Waals surface area (Å²) in [7, 11) is -3.12. The molecule has 1 saturated heterocycles. The van der Waals surface area contributed by atoms with Crippen molar-refractivity contribution in [2.24, 2.45) is 34.5 Å². The van der Waals surface area contributed by atoms with Crippen LogP contribution >= 0.6 is 11.6 Å². The number of hydrogen-bond acceptors (Lipinski definition) is 10. The SMILES string of the molecule is COc1cc2ccnc(O[C@@H]3C[C@H]4C(=O)C[C@]5(C(=O)NS(=O)(=O)C6(F)CC6)C[C@H]5/C=C\CC[C@@H](C)C[C@@H](C)[C@H](CC(=O)OCC(C)(C)C)C(=O)N4C3)c2cc1Cl. The number of sulfonamides is 1. The van der Waals surface area contributed by atoms with E-state index >= 15 is 0 Å². The van der Waals surface area contributed by atoms with E-state index in [9.17, 15) is 32.0 Å². The van der Waals surface area contributed by atoms with Crippen LogP contribution in [0.25, 0.3) is 10.8 Å². The Bertz CT molecular complexity index is 2020. The van der Waals surface area contributed by atoms with Crippen molar-refractivity contribution in [1.82, 2.24) is 14.6 Å². The average Bonchev–Trinajstić information content (AvgIpc) is 4.00. The van der Waals surface area contributed by atoms with E-state index in [0.29, 0.717) is 29.0 Å². The third-order valence-electron chi connectivity index (χ3n) is 11.6. The second kappa shape index (κ2) is 15.9. The number of fused-ring (bicyclic) bond motifs is 3. The number of pyridine rings is 1. The molecule has 2 aromatic rings. The molecule has 0 bridgehead atoms. The number of alkyl halides is 1. The van der Waals surface area contributed by atoms with Crippen LogP contribution in [0.4, 0.5) is 4.39 Å². The van der Waals surface area contributed by atoms with Crippen LogP contribution in [0, 0.1) is 34.5 Å². The summed E-state index contributed by atoms with van der Waals surface area (Å²) < 4.78 is 59.9. The number of aromatic nitrogens is 1. The van der Waals surface area contributed by atoms with E-state index in [-0.39, 0.29) is 74.8 Å². The standard InChI is InChI=1S/C41H53ClFN3O9S/c1-24-9-7-8-10-27-20-40(27,38(50)45-56(51,52)41(43)12-13-41)21-33(47)32-17-28(55-36-30-18-31(42)34(53-6)16-26(30)11-14-44-36)22-46(32)37(49)29(25(2)15-24)19-35(48)54-23-39(3,4)5/h8,10-11,14,16,18,24-25,27-29,32H,7,9,12-13,15,17,19-23H2,1-6H3,(H,45,50)/b10-8-/t24-,25-,27-,28-,29+,32+,40-/m1/s1. The Balaban J connectivity index is 1.34. The van der Waals surface area contributed by atoms with Gasteiger partial charge in [0.2, 0.25) is 22.7 Å². The Morgan fingerprint density at radius 1 is 1.14 bits per heavy atom. The fraction of sp³-hybridized carbons (Fsp3) is 0.634. The van der Waals surface area contributed by atoms with Gasteiger partial charge in [-0.3, -0.25) is 19.2 Å². The van der Waals surface area contributed by atoms with Crippen molar-refractivity contribution in [3.63, 3.8) is 0 Å². The molecule has 2 saturated carbocycles. The number of esters is 1. The summed E-state index contributed by atoms with van der Waals surface area (Å²) in [5, 5.41) is -0.840. The number of ketones is 1. The van der Waals surface area contributed by atoms with Crippen LogP contribution in [0.3, 0.4) is 0 Å². The molecule has 306 valence electrons. The first-order valence-electron chi connectivity index (χ1n) is 19.5. The number of methoxy groups -OCH3 is 1. The van der Waals surface area contributed by atoms with E-state index < -0.39 is 68.0 Å². The predicted octanol–water partition coefficient (Wildman–Crippen LogP) is 6.72. The maximum absolute atomic E-state index is 14.9. The van der Waals surface area contributed by atoms with Gasteiger partial charge >= 0.3 is 5.97 Å². The quantitative estimate of drug-likeness (QED) is 0.213. The molecule has 0 spiro atoms. The summed E-state index contributed by atoms with van der Waals surface area (Å²) in [6, 6.07) is 4.13. The number of amides is 2. The van der Waals surface area contributed by atoms with Crippen molar-refractivity contribution < 1.29 is 46.2 Å². The number of Topliss-reactive ketones (excluding diaryl/α,β-unsaturated/α-hetero) is 1. The zero-order valence-corrected chi connectivity index (χ0v) is 34.5. The number of carbonyl (C=O) groups excluding carboxylic acids is 4. The van der Waals surface area contributed by atoms with Crippen molar-refractivity contribution >= 4 is 56.0 Å². The largest absolute Gasteiger partial charge is 0.495 e. The van der Waals surface area contributed by atoms with Gasteiger partial charge < -0.3 is 19.1 Å². The number of hydrogen-bond donors (Lipinski definition) is 1. The predicted molar refractivity (Wildman–Crippen MR) is 208 cm³/mol. The van der Waals surface area contributed by atoms with Gasteiger partial charge in [0.05, 0.1) is 49.1 Å². The fourth-order valence-electron chi connectivity index (χ4n) is 8.07. The Morgan fingerprint density at radius 2 is 1.88 bits per heavy atom. The minimum Gasteiger partial charge on any atom is -0.495 e. The lowest BCUT2D eigenvalue weighted by atomic mass is 9.82. The molecule has 56 heavy (non-hydrogen) atoms. The van der Waals surface area contributed by atoms with Gasteiger partial charge in [-0.25, -0.2) is 22.5 Å². The van der Waals surface area contributed by atoms with Crippen LogP contribution in [-0.4, -0.2) is 79.3 Å². The fourth-order valence-corrected chi connectivity index (χ4v) is 9.58. The van der Waals surface area contributed by atoms with Gasteiger partial charge in [-0.1, -0.05) is 58.4 Å². The van der Waals surface area contributed by atoms with Crippen molar-refractivity contribution in [2.45, 2.75) is 110 Å². The van der Waals surface area contributed by atoms with E-state index in [1.54, 1.807) is 24.4 Å². The highest BCUT2D eigenvalue weighted by Gasteiger charge is 2.64. The van der Waals surface area contributed by atoms with E-state index in [4.69, 9.17) is 25.8 Å². The number of nitrogens with one attached hydrogen (secondary N) is 1. The second-order valence-corrected chi connectivity index (χ2v) is 19.9. The lowest BCUT2D eigenvalue weighted by Crippen LogP contribution is -2.48. The van der Waals surface area contributed by atoms with Gasteiger partial charge in [-0.2, -0.15) is 0 Å². The molecule has 0 radical (unpaired) electrons. The maximum atomic E-state index is 14.9. The number of nitrogens with zero attached hydrogens (tertiary/aromatic N) is 2. The zero-order chi connectivity index (χ0) is 40.8. The molecule has 7 atom stereocenters. The van der Waals surface area contributed by atoms with E-state index in [1.165, 1.54) is 12.0 Å². The Morgan fingerprint density at radius 3 is 2.55 bits per heavy atom. The summed E-state index contributed by atoms with van der Waals surface area (Å²) in [6.45, 7) is 10.00. The van der Waals surface area contributed by atoms with Crippen LogP contribution in [0.2, 0.25) is 5.02 Å². The first kappa shape index (κ1) is 41.8. The molecular formula is C41H53ClFN3O9S. The minimum absolute atomic E-state index is 0.0196. The second-order valence-electron chi connectivity index (χ2n) is 17.6. The highest BCUT2D eigenvalue weighted by Crippen LogP contribution is 2.58. The summed E-state index contributed by atoms with van der Waals surface area (Å²) >= 11 is 6.47. The molecule has 15 heteroatoms. The molecule has 12 nitrogen and oxygen atoms in total. The van der Waals surface area contributed by atoms with Crippen LogP contribution in [0.1, 0.15) is 92.4 Å². The highest BCUT2D eigenvalue weighted by atomic mass is 35.5. The van der Waals surface area contributed by atoms with Crippen molar-refractivity contribution in [3.05, 3.63) is 41.6 Å². The molecule has 2 aliphatic carbocycles. The molecule has 1 aromatic heterocycles. The van der Waals surface area contributed by atoms with Crippen LogP contribution in [-0.2, 0) is 33.9 Å². The molecule has 3 heterocycles. The third kappa shape index (κ3) is 9.01. The first-order chi connectivity index (χ1) is 26.3. The number of halogens is 2. The molecule has 6 rings (SSSR count). The normalized spacial score (nSPS) is 30.0. The van der Waals surface area contributed by atoms with Crippen molar-refractivity contribution in [3.8, 4) is 11.6 Å². The summed E-state index contributed by atoms with van der Waals surface area (Å²) in [6.07, 6.45) is 5.92. The van der Waals surface area contributed by atoms with Crippen molar-refractivity contribution in [1.29, 1.82) is 0 Å². The smallest absolute Gasteiger partial charge is 0.306 e. The molecule has 4 aliphatic rings. The van der Waals surface area contributed by atoms with Gasteiger partial charge in [-0.15, -0.1) is 0 Å². The summed E-state index contributed by atoms with van der Waals surface area (Å²) in [5.74, 6) is -2.98. The van der Waals surface area contributed by atoms with E-state index in [0.717, 1.165) is 11.8 Å². The molecule has 0 unspecified atom stereocenters. The zero-order valence-electron chi connectivity index (χ0n) is 32.9. The number of rotatable bonds is 9. The van der Waals surface area contributed by atoms with Crippen molar-refractivity contribution in [2.75, 3.05) is 20.3 Å². The van der Waals surface area contributed by atoms with E-state index in [1.807, 2.05) is 44.6 Å². The molecule has 2 aliphatic heterocycles. The number of benzene rings is 1. The van der Waals surface area contributed by atoms with Crippen LogP contribution < -0.4 is 14.2 Å². The average molecular weight is 818 g/mol. The van der Waals surface area contributed by atoms with Gasteiger partial charge in [-0.05, 0) is 72.4 Å². The number of carbonyl (C=O) groups is 4. The Kier molecular flexibility index (Phi) is 11.9. The molecule has 2 amide bonds. The lowest BCUT2D eigenvalue weighted by Gasteiger charge is -2.32. The van der Waals surface area contributed by atoms with Gasteiger partial charge in [0.15, 0.2) is 5.78 Å². The van der Waals surface area contributed by atoms with Gasteiger partial charge in [0.25, 0.3) is 10.0 Å². The first-order valence-corrected chi connectivity index (χ1v) is 21.3. The minimum atomic E-state index is -4.63. The van der Waals surface area contributed by atoms with Crippen LogP contribution in [0.15, 0.2) is 36.5 Å². The highest BCUT2D eigenvalue weighted by molar-refractivity contribution is 7.91. The number of allylic oxidation sites excluding steroid dienone is 2. The maximum Gasteiger partial charge on any atom is 0.306 e. The molecule has 1 aromatic carbocycles. The number of ether oxygens (including phenoxy) is 3. The summed E-state index contributed by atoms with van der Waals surface area (Å²) in [5.41, 5.74) is -1.73. The van der Waals surface area contributed by atoms with Gasteiger partial charge in [0, 0.05) is 37.3 Å². The Labute approximate surface area is 333 Å². The lowest BCUT2D eigenvalue weighted by molar-refractivity contribution is -0.153. The molecular weight excluding hydrogens is 765 g/mol. The third-order valence-corrected chi connectivity index (χ3v) is 13.8. The molecule has 3 fully saturated rings. The van der Waals surface area contributed by atoms with Gasteiger partial charge in [0.1, 0.15) is 11.9 Å². The summed E-state index contributed by atoms with van der Waals surface area (Å²) in [4.78, 5) is 62.5. The Hall–Kier alpha value is -3.78. The monoisotopic (exact) mass is 817 g/mol. The van der Waals surface area contributed by atoms with Crippen LogP contribution in [0.5, 0.6) is 11.6 Å². The van der Waals surface area contributed by atoms with E-state index in [2.05, 4.69) is 11.9 Å². The molecule has 1 N–H and O–H groups in total.